The first-order valence-corrected chi connectivity index (χ1v) is 10.8. The fourth-order valence-corrected chi connectivity index (χ4v) is 4.12. The van der Waals surface area contributed by atoms with Gasteiger partial charge in [-0.1, -0.05) is 12.1 Å². The van der Waals surface area contributed by atoms with Gasteiger partial charge >= 0.3 is 6.18 Å². The number of benzene rings is 1. The molecule has 1 aliphatic rings. The predicted octanol–water partition coefficient (Wildman–Crippen LogP) is 2.28. The number of nitrogens with zero attached hydrogens (tertiary/aromatic N) is 5. The SMILES string of the molecule is CN1CN[C@](O)(c2nc(-c3ccc(C(=O)Nc4cc(C(F)(F)F)ccn4)cc3)c3c(N)nccn23)C1. The Morgan fingerprint density at radius 3 is 2.61 bits per heavy atom. The van der Waals surface area contributed by atoms with E-state index in [0.717, 1.165) is 18.3 Å². The van der Waals surface area contributed by atoms with Crippen molar-refractivity contribution >= 4 is 23.1 Å². The number of nitrogen functional groups attached to an aromatic ring is 1. The van der Waals surface area contributed by atoms with E-state index in [1.165, 1.54) is 18.3 Å². The number of rotatable bonds is 4. The maximum absolute atomic E-state index is 12.9. The number of carbonyl (C=O) groups is 1. The molecule has 36 heavy (non-hydrogen) atoms. The second-order valence-corrected chi connectivity index (χ2v) is 8.48. The molecule has 5 rings (SSSR count). The van der Waals surface area contributed by atoms with E-state index in [-0.39, 0.29) is 17.2 Å². The van der Waals surface area contributed by atoms with Gasteiger partial charge in [-0.2, -0.15) is 13.2 Å². The minimum Gasteiger partial charge on any atom is -0.382 e. The number of likely N-dealkylation sites (N-methyl/N-ethyl adjacent to an activating group) is 1. The molecule has 5 N–H and O–H groups in total. The monoisotopic (exact) mass is 498 g/mol. The fraction of sp³-hybridized carbons (Fsp3) is 0.217. The molecule has 1 aromatic carbocycles. The van der Waals surface area contributed by atoms with Crippen LogP contribution in [0.4, 0.5) is 24.8 Å². The van der Waals surface area contributed by atoms with Crippen LogP contribution in [0.1, 0.15) is 21.7 Å². The van der Waals surface area contributed by atoms with E-state index in [1.807, 2.05) is 11.9 Å². The quantitative estimate of drug-likeness (QED) is 0.337. The third-order valence-electron chi connectivity index (χ3n) is 5.84. The molecule has 0 spiro atoms. The summed E-state index contributed by atoms with van der Waals surface area (Å²) in [6.45, 7) is 0.766. The largest absolute Gasteiger partial charge is 0.416 e. The number of nitrogens with two attached hydrogens (primary N) is 1. The standard InChI is InChI=1S/C23H21F3N8O2/c1-33-11-22(36,30-12-33)21-32-17(18-19(27)29-8-9-34(18)21)13-2-4-14(5-3-13)20(35)31-16-10-15(6-7-28-16)23(24,25)26/h2-10,30,36H,11-12H2,1H3,(H2,27,29)(H,28,31,35)/t22-/m1/s1. The number of aromatic nitrogens is 4. The van der Waals surface area contributed by atoms with Crippen LogP contribution in [0, 0.1) is 0 Å². The van der Waals surface area contributed by atoms with Crippen LogP contribution in [0.15, 0.2) is 55.0 Å². The van der Waals surface area contributed by atoms with Crippen molar-refractivity contribution in [1.82, 2.24) is 29.6 Å². The third kappa shape index (κ3) is 4.23. The molecule has 186 valence electrons. The molecule has 0 radical (unpaired) electrons. The molecule has 1 atom stereocenters. The summed E-state index contributed by atoms with van der Waals surface area (Å²) in [5.41, 5.74) is 5.56. The lowest BCUT2D eigenvalue weighted by molar-refractivity contribution is -0.137. The van der Waals surface area contributed by atoms with Gasteiger partial charge in [0.25, 0.3) is 5.91 Å². The Labute approximate surface area is 202 Å². The molecule has 0 saturated carbocycles. The summed E-state index contributed by atoms with van der Waals surface area (Å²) in [4.78, 5) is 27.1. The summed E-state index contributed by atoms with van der Waals surface area (Å²) in [5, 5.41) is 16.6. The molecule has 4 heterocycles. The Balaban J connectivity index is 1.46. The first kappa shape index (κ1) is 23.7. The molecule has 3 aromatic heterocycles. The zero-order valence-corrected chi connectivity index (χ0v) is 18.9. The van der Waals surface area contributed by atoms with Crippen molar-refractivity contribution in [2.24, 2.45) is 0 Å². The summed E-state index contributed by atoms with van der Waals surface area (Å²) < 4.78 is 40.5. The van der Waals surface area contributed by atoms with Crippen LogP contribution >= 0.6 is 0 Å². The van der Waals surface area contributed by atoms with Crippen molar-refractivity contribution in [3.63, 3.8) is 0 Å². The van der Waals surface area contributed by atoms with Gasteiger partial charge in [0.05, 0.1) is 12.2 Å². The lowest BCUT2D eigenvalue weighted by Crippen LogP contribution is -2.41. The highest BCUT2D eigenvalue weighted by molar-refractivity contribution is 6.04. The van der Waals surface area contributed by atoms with Gasteiger partial charge in [-0.15, -0.1) is 0 Å². The number of carbonyl (C=O) groups excluding carboxylic acids is 1. The summed E-state index contributed by atoms with van der Waals surface area (Å²) in [6.07, 6.45) is -0.413. The number of fused-ring (bicyclic) bond motifs is 1. The van der Waals surface area contributed by atoms with Gasteiger partial charge in [0, 0.05) is 36.3 Å². The minimum atomic E-state index is -4.55. The van der Waals surface area contributed by atoms with Crippen LogP contribution in [-0.4, -0.2) is 55.5 Å². The van der Waals surface area contributed by atoms with Gasteiger partial charge in [-0.3, -0.25) is 19.4 Å². The summed E-state index contributed by atoms with van der Waals surface area (Å²) in [7, 11) is 1.86. The zero-order valence-electron chi connectivity index (χ0n) is 18.9. The molecule has 10 nitrogen and oxygen atoms in total. The summed E-state index contributed by atoms with van der Waals surface area (Å²) in [5.74, 6) is -0.302. The van der Waals surface area contributed by atoms with Gasteiger partial charge in [-0.25, -0.2) is 15.0 Å². The third-order valence-corrected chi connectivity index (χ3v) is 5.84. The molecular weight excluding hydrogens is 477 g/mol. The average Bonchev–Trinajstić information content (AvgIpc) is 3.40. The van der Waals surface area contributed by atoms with Crippen LogP contribution < -0.4 is 16.4 Å². The summed E-state index contributed by atoms with van der Waals surface area (Å²) in [6, 6.07) is 7.86. The first-order chi connectivity index (χ1) is 17.0. The number of nitrogens with one attached hydrogen (secondary N) is 2. The number of anilines is 2. The lowest BCUT2D eigenvalue weighted by atomic mass is 10.1. The topological polar surface area (TPSA) is 134 Å². The fourth-order valence-electron chi connectivity index (χ4n) is 4.12. The molecule has 1 aliphatic heterocycles. The molecule has 0 unspecified atom stereocenters. The number of hydrogen-bond donors (Lipinski definition) is 4. The maximum atomic E-state index is 12.9. The van der Waals surface area contributed by atoms with Crippen molar-refractivity contribution in [3.8, 4) is 11.3 Å². The molecule has 1 saturated heterocycles. The highest BCUT2D eigenvalue weighted by Crippen LogP contribution is 2.33. The van der Waals surface area contributed by atoms with Crippen molar-refractivity contribution in [1.29, 1.82) is 0 Å². The smallest absolute Gasteiger partial charge is 0.382 e. The molecule has 0 aliphatic carbocycles. The number of alkyl halides is 3. The van der Waals surface area contributed by atoms with E-state index < -0.39 is 23.4 Å². The summed E-state index contributed by atoms with van der Waals surface area (Å²) >= 11 is 0. The molecule has 1 amide bonds. The number of amides is 1. The van der Waals surface area contributed by atoms with E-state index in [4.69, 9.17) is 5.73 Å². The Morgan fingerprint density at radius 2 is 1.94 bits per heavy atom. The normalized spacial score (nSPS) is 18.6. The highest BCUT2D eigenvalue weighted by Gasteiger charge is 2.40. The highest BCUT2D eigenvalue weighted by atomic mass is 19.4. The number of halogens is 3. The van der Waals surface area contributed by atoms with E-state index in [9.17, 15) is 23.1 Å². The van der Waals surface area contributed by atoms with Crippen molar-refractivity contribution in [2.75, 3.05) is 31.3 Å². The second-order valence-electron chi connectivity index (χ2n) is 8.48. The van der Waals surface area contributed by atoms with E-state index in [1.54, 1.807) is 22.7 Å². The number of aliphatic hydroxyl groups is 1. The predicted molar refractivity (Wildman–Crippen MR) is 125 cm³/mol. The molecule has 1 fully saturated rings. The molecule has 4 aromatic rings. The van der Waals surface area contributed by atoms with Crippen LogP contribution in [0.2, 0.25) is 0 Å². The minimum absolute atomic E-state index is 0.200. The van der Waals surface area contributed by atoms with Crippen molar-refractivity contribution in [2.45, 2.75) is 11.9 Å². The van der Waals surface area contributed by atoms with Crippen molar-refractivity contribution < 1.29 is 23.1 Å². The van der Waals surface area contributed by atoms with Crippen LogP contribution in [0.5, 0.6) is 0 Å². The van der Waals surface area contributed by atoms with Gasteiger partial charge in [0.1, 0.15) is 22.8 Å². The van der Waals surface area contributed by atoms with Gasteiger partial charge < -0.3 is 16.2 Å². The average molecular weight is 498 g/mol. The van der Waals surface area contributed by atoms with Gasteiger partial charge in [0.15, 0.2) is 11.5 Å². The number of pyridine rings is 1. The maximum Gasteiger partial charge on any atom is 0.416 e. The van der Waals surface area contributed by atoms with Gasteiger partial charge in [-0.05, 0) is 31.3 Å². The number of β-amino-alcohol motifs (C(OH)–C–C–N with tert-alkyl or cyclic N) is 1. The molecule has 0 bridgehead atoms. The number of imidazole rings is 1. The van der Waals surface area contributed by atoms with Crippen LogP contribution in [-0.2, 0) is 11.9 Å². The van der Waals surface area contributed by atoms with Crippen molar-refractivity contribution in [3.05, 3.63) is 71.9 Å². The lowest BCUT2D eigenvalue weighted by Gasteiger charge is -2.20. The van der Waals surface area contributed by atoms with E-state index >= 15 is 0 Å². The second kappa shape index (κ2) is 8.55. The molecular formula is C23H21F3N8O2. The van der Waals surface area contributed by atoms with E-state index in [2.05, 4.69) is 25.6 Å². The van der Waals surface area contributed by atoms with Crippen LogP contribution in [0.3, 0.4) is 0 Å². The Morgan fingerprint density at radius 1 is 1.19 bits per heavy atom. The van der Waals surface area contributed by atoms with Crippen LogP contribution in [0.25, 0.3) is 16.8 Å². The Bertz CT molecular complexity index is 1450. The first-order valence-electron chi connectivity index (χ1n) is 10.8. The van der Waals surface area contributed by atoms with Gasteiger partial charge in [0.2, 0.25) is 0 Å². The Kier molecular flexibility index (Phi) is 5.62. The van der Waals surface area contributed by atoms with E-state index in [0.29, 0.717) is 35.8 Å². The Hall–Kier alpha value is -4.07. The number of hydrogen-bond acceptors (Lipinski definition) is 8. The molecule has 13 heteroatoms. The zero-order chi connectivity index (χ0) is 25.7.